The summed E-state index contributed by atoms with van der Waals surface area (Å²) in [5.74, 6) is 0. The maximum Gasteiger partial charge on any atom is 0.417 e. The molecule has 0 spiro atoms. The largest absolute Gasteiger partial charge is 0.417 e. The lowest BCUT2D eigenvalue weighted by Gasteiger charge is -2.18. The number of halogens is 4. The second kappa shape index (κ2) is 6.57. The highest BCUT2D eigenvalue weighted by atomic mass is 79.9. The summed E-state index contributed by atoms with van der Waals surface area (Å²) in [5.41, 5.74) is 1.02. The zero-order valence-corrected chi connectivity index (χ0v) is 12.7. The first-order valence-electron chi connectivity index (χ1n) is 6.00. The smallest absolute Gasteiger partial charge is 0.307 e. The van der Waals surface area contributed by atoms with E-state index >= 15 is 0 Å². The maximum absolute atomic E-state index is 12.9. The van der Waals surface area contributed by atoms with Gasteiger partial charge in [-0.3, -0.25) is 0 Å². The number of allylic oxidation sites excluding steroid dienone is 1. The van der Waals surface area contributed by atoms with E-state index < -0.39 is 11.7 Å². The van der Waals surface area contributed by atoms with Crippen molar-refractivity contribution in [2.45, 2.75) is 33.0 Å². The number of alkyl halides is 3. The molecule has 1 aromatic carbocycles. The summed E-state index contributed by atoms with van der Waals surface area (Å²) in [6.45, 7) is 6.46. The highest BCUT2D eigenvalue weighted by molar-refractivity contribution is 9.10. The molecule has 0 aliphatic rings. The predicted octanol–water partition coefficient (Wildman–Crippen LogP) is 5.08. The van der Waals surface area contributed by atoms with Crippen LogP contribution in [0.2, 0.25) is 0 Å². The van der Waals surface area contributed by atoms with Gasteiger partial charge in [0.1, 0.15) is 0 Å². The Morgan fingerprint density at radius 1 is 1.37 bits per heavy atom. The highest BCUT2D eigenvalue weighted by Gasteiger charge is 2.33. The van der Waals surface area contributed by atoms with Crippen molar-refractivity contribution in [2.24, 2.45) is 0 Å². The molecule has 0 aromatic heterocycles. The molecule has 0 heterocycles. The summed E-state index contributed by atoms with van der Waals surface area (Å²) in [7, 11) is 0. The molecule has 0 amide bonds. The molecule has 0 saturated heterocycles. The minimum absolute atomic E-state index is 0.0659. The van der Waals surface area contributed by atoms with E-state index in [2.05, 4.69) is 21.2 Å². The van der Waals surface area contributed by atoms with Crippen molar-refractivity contribution >= 4 is 15.9 Å². The molecule has 1 rings (SSSR count). The SMILES string of the molecule is CCNC(C=C(C)C)c1ccc(Br)c(C(F)(F)F)c1. The van der Waals surface area contributed by atoms with Crippen LogP contribution in [-0.4, -0.2) is 6.54 Å². The molecule has 19 heavy (non-hydrogen) atoms. The fourth-order valence-electron chi connectivity index (χ4n) is 1.78. The third kappa shape index (κ3) is 4.66. The monoisotopic (exact) mass is 335 g/mol. The van der Waals surface area contributed by atoms with E-state index in [0.29, 0.717) is 12.1 Å². The first kappa shape index (κ1) is 16.2. The molecule has 0 aliphatic heterocycles. The summed E-state index contributed by atoms with van der Waals surface area (Å²) in [6, 6.07) is 4.13. The standard InChI is InChI=1S/C14H17BrF3N/c1-4-19-13(7-9(2)3)10-5-6-12(15)11(8-10)14(16,17)18/h5-8,13,19H,4H2,1-3H3. The van der Waals surface area contributed by atoms with E-state index in [4.69, 9.17) is 0 Å². The van der Waals surface area contributed by atoms with Gasteiger partial charge in [0, 0.05) is 4.47 Å². The van der Waals surface area contributed by atoms with Gasteiger partial charge >= 0.3 is 6.18 Å². The molecule has 0 saturated carbocycles. The first-order chi connectivity index (χ1) is 8.75. The van der Waals surface area contributed by atoms with Gasteiger partial charge in [-0.15, -0.1) is 0 Å². The summed E-state index contributed by atoms with van der Waals surface area (Å²) in [5, 5.41) is 3.17. The molecular weight excluding hydrogens is 319 g/mol. The Morgan fingerprint density at radius 2 is 2.00 bits per heavy atom. The van der Waals surface area contributed by atoms with Crippen LogP contribution >= 0.6 is 15.9 Å². The molecule has 1 aromatic rings. The van der Waals surface area contributed by atoms with E-state index in [1.807, 2.05) is 26.8 Å². The second-order valence-corrected chi connectivity index (χ2v) is 5.37. The van der Waals surface area contributed by atoms with Gasteiger partial charge in [-0.25, -0.2) is 0 Å². The van der Waals surface area contributed by atoms with Crippen LogP contribution in [0.5, 0.6) is 0 Å². The number of hydrogen-bond donors (Lipinski definition) is 1. The summed E-state index contributed by atoms with van der Waals surface area (Å²) in [4.78, 5) is 0. The average Bonchev–Trinajstić information content (AvgIpc) is 2.27. The lowest BCUT2D eigenvalue weighted by Crippen LogP contribution is -2.20. The topological polar surface area (TPSA) is 12.0 Å². The van der Waals surface area contributed by atoms with Gasteiger partial charge < -0.3 is 5.32 Å². The fraction of sp³-hybridized carbons (Fsp3) is 0.429. The van der Waals surface area contributed by atoms with Crippen LogP contribution in [0, 0.1) is 0 Å². The fourth-order valence-corrected chi connectivity index (χ4v) is 2.25. The molecule has 106 valence electrons. The Morgan fingerprint density at radius 3 is 2.47 bits per heavy atom. The molecule has 1 N–H and O–H groups in total. The van der Waals surface area contributed by atoms with E-state index in [1.54, 1.807) is 6.07 Å². The Labute approximate surface area is 120 Å². The van der Waals surface area contributed by atoms with Crippen molar-refractivity contribution < 1.29 is 13.2 Å². The van der Waals surface area contributed by atoms with Crippen LogP contribution in [0.15, 0.2) is 34.3 Å². The number of rotatable bonds is 4. The Kier molecular flexibility index (Phi) is 5.62. The summed E-state index contributed by atoms with van der Waals surface area (Å²) >= 11 is 2.95. The summed E-state index contributed by atoms with van der Waals surface area (Å²) < 4.78 is 38.7. The minimum Gasteiger partial charge on any atom is -0.307 e. The van der Waals surface area contributed by atoms with Crippen molar-refractivity contribution in [3.63, 3.8) is 0 Å². The van der Waals surface area contributed by atoms with Crippen molar-refractivity contribution in [1.82, 2.24) is 5.32 Å². The van der Waals surface area contributed by atoms with Gasteiger partial charge in [-0.05, 0) is 38.1 Å². The third-order valence-corrected chi connectivity index (χ3v) is 3.27. The molecule has 0 fully saturated rings. The van der Waals surface area contributed by atoms with E-state index in [9.17, 15) is 13.2 Å². The molecule has 1 unspecified atom stereocenters. The minimum atomic E-state index is -4.35. The Bertz CT molecular complexity index is 462. The molecule has 0 radical (unpaired) electrons. The van der Waals surface area contributed by atoms with Crippen LogP contribution < -0.4 is 5.32 Å². The van der Waals surface area contributed by atoms with Crippen LogP contribution in [0.3, 0.4) is 0 Å². The first-order valence-corrected chi connectivity index (χ1v) is 6.80. The number of likely N-dealkylation sites (N-methyl/N-ethyl adjacent to an activating group) is 1. The van der Waals surface area contributed by atoms with Crippen molar-refractivity contribution in [3.05, 3.63) is 45.4 Å². The molecule has 5 heteroatoms. The number of hydrogen-bond acceptors (Lipinski definition) is 1. The normalized spacial score (nSPS) is 13.2. The maximum atomic E-state index is 12.9. The number of nitrogens with one attached hydrogen (secondary N) is 1. The van der Waals surface area contributed by atoms with E-state index in [-0.39, 0.29) is 10.5 Å². The zero-order chi connectivity index (χ0) is 14.6. The van der Waals surface area contributed by atoms with Gasteiger partial charge in [0.15, 0.2) is 0 Å². The van der Waals surface area contributed by atoms with Crippen LogP contribution in [0.4, 0.5) is 13.2 Å². The third-order valence-electron chi connectivity index (χ3n) is 2.58. The quantitative estimate of drug-likeness (QED) is 0.756. The zero-order valence-electron chi connectivity index (χ0n) is 11.1. The van der Waals surface area contributed by atoms with E-state index in [1.165, 1.54) is 12.1 Å². The van der Waals surface area contributed by atoms with Crippen molar-refractivity contribution in [2.75, 3.05) is 6.54 Å². The lowest BCUT2D eigenvalue weighted by atomic mass is 10.0. The molecule has 1 atom stereocenters. The van der Waals surface area contributed by atoms with E-state index in [0.717, 1.165) is 5.57 Å². The van der Waals surface area contributed by atoms with Crippen LogP contribution in [0.25, 0.3) is 0 Å². The molecular formula is C14H17BrF3N. The number of benzene rings is 1. The Balaban J connectivity index is 3.22. The summed E-state index contributed by atoms with van der Waals surface area (Å²) in [6.07, 6.45) is -2.43. The molecule has 1 nitrogen and oxygen atoms in total. The van der Waals surface area contributed by atoms with Gasteiger partial charge in [0.05, 0.1) is 11.6 Å². The Hall–Kier alpha value is -0.810. The van der Waals surface area contributed by atoms with Gasteiger partial charge in [0.2, 0.25) is 0 Å². The van der Waals surface area contributed by atoms with Crippen LogP contribution in [0.1, 0.15) is 37.9 Å². The predicted molar refractivity (Wildman–Crippen MR) is 75.0 cm³/mol. The van der Waals surface area contributed by atoms with Crippen molar-refractivity contribution in [3.8, 4) is 0 Å². The van der Waals surface area contributed by atoms with Crippen LogP contribution in [-0.2, 0) is 6.18 Å². The second-order valence-electron chi connectivity index (χ2n) is 4.52. The van der Waals surface area contributed by atoms with Crippen molar-refractivity contribution in [1.29, 1.82) is 0 Å². The van der Waals surface area contributed by atoms with Gasteiger partial charge in [-0.1, -0.05) is 40.6 Å². The molecule has 0 bridgehead atoms. The highest BCUT2D eigenvalue weighted by Crippen LogP contribution is 2.36. The lowest BCUT2D eigenvalue weighted by molar-refractivity contribution is -0.138. The van der Waals surface area contributed by atoms with Gasteiger partial charge in [0.25, 0.3) is 0 Å². The molecule has 0 aliphatic carbocycles. The average molecular weight is 336 g/mol. The van der Waals surface area contributed by atoms with Gasteiger partial charge in [-0.2, -0.15) is 13.2 Å².